The van der Waals surface area contributed by atoms with Crippen LogP contribution in [-0.2, 0) is 11.2 Å². The summed E-state index contributed by atoms with van der Waals surface area (Å²) in [6, 6.07) is 0.241. The Labute approximate surface area is 147 Å². The van der Waals surface area contributed by atoms with E-state index in [4.69, 9.17) is 5.73 Å². The first-order valence-corrected chi connectivity index (χ1v) is 8.25. The topological polar surface area (TPSA) is 98.2 Å². The Balaban J connectivity index is 0.00000208. The van der Waals surface area contributed by atoms with Gasteiger partial charge in [-0.05, 0) is 51.1 Å². The highest BCUT2D eigenvalue weighted by atomic mass is 35.5. The molecule has 1 aliphatic rings. The van der Waals surface area contributed by atoms with Crippen LogP contribution in [0, 0.1) is 19.8 Å². The van der Waals surface area contributed by atoms with E-state index in [0.717, 1.165) is 36.2 Å². The van der Waals surface area contributed by atoms with Crippen molar-refractivity contribution in [2.45, 2.75) is 52.0 Å². The Hall–Kier alpha value is -1.73. The smallest absolute Gasteiger partial charge is 0.252 e. The number of halogens is 1. The maximum atomic E-state index is 12.3. The fourth-order valence-corrected chi connectivity index (χ4v) is 3.54. The van der Waals surface area contributed by atoms with Crippen LogP contribution in [0.1, 0.15) is 42.6 Å². The molecule has 24 heavy (non-hydrogen) atoms. The molecule has 1 aliphatic carbocycles. The van der Waals surface area contributed by atoms with E-state index in [1.54, 1.807) is 4.52 Å². The molecule has 2 aromatic heterocycles. The molecule has 8 heteroatoms. The summed E-state index contributed by atoms with van der Waals surface area (Å²) in [6.45, 7) is 4.59. The highest BCUT2D eigenvalue weighted by molar-refractivity contribution is 5.85. The number of hydrogen-bond donors (Lipinski definition) is 2. The first-order valence-electron chi connectivity index (χ1n) is 8.25. The summed E-state index contributed by atoms with van der Waals surface area (Å²) in [5.41, 5.74) is 8.75. The number of rotatable bonds is 5. The zero-order valence-corrected chi connectivity index (χ0v) is 15.0. The monoisotopic (exact) mass is 352 g/mol. The zero-order chi connectivity index (χ0) is 16.4. The van der Waals surface area contributed by atoms with E-state index in [1.807, 2.05) is 13.8 Å². The van der Waals surface area contributed by atoms with Crippen LogP contribution in [0.15, 0.2) is 6.33 Å². The van der Waals surface area contributed by atoms with Crippen molar-refractivity contribution in [3.63, 3.8) is 0 Å². The van der Waals surface area contributed by atoms with Crippen LogP contribution in [0.4, 0.5) is 0 Å². The van der Waals surface area contributed by atoms with Gasteiger partial charge >= 0.3 is 0 Å². The van der Waals surface area contributed by atoms with Crippen LogP contribution in [-0.4, -0.2) is 38.1 Å². The summed E-state index contributed by atoms with van der Waals surface area (Å²) >= 11 is 0. The van der Waals surface area contributed by atoms with Crippen molar-refractivity contribution in [2.24, 2.45) is 11.7 Å². The number of hydrogen-bond acceptors (Lipinski definition) is 5. The van der Waals surface area contributed by atoms with Crippen molar-refractivity contribution < 1.29 is 4.79 Å². The summed E-state index contributed by atoms with van der Waals surface area (Å²) in [6.07, 6.45) is 5.92. The molecule has 1 amide bonds. The minimum absolute atomic E-state index is 0. The predicted octanol–water partition coefficient (Wildman–Crippen LogP) is 1.34. The van der Waals surface area contributed by atoms with Crippen LogP contribution in [0.2, 0.25) is 0 Å². The minimum atomic E-state index is 0. The van der Waals surface area contributed by atoms with Gasteiger partial charge in [-0.15, -0.1) is 12.4 Å². The van der Waals surface area contributed by atoms with Gasteiger partial charge in [0, 0.05) is 23.9 Å². The second kappa shape index (κ2) is 7.90. The Kier molecular flexibility index (Phi) is 6.12. The fourth-order valence-electron chi connectivity index (χ4n) is 3.54. The van der Waals surface area contributed by atoms with Gasteiger partial charge in [-0.2, -0.15) is 10.1 Å². The van der Waals surface area contributed by atoms with Crippen LogP contribution < -0.4 is 11.1 Å². The van der Waals surface area contributed by atoms with Gasteiger partial charge in [0.25, 0.3) is 5.78 Å². The lowest BCUT2D eigenvalue weighted by Crippen LogP contribution is -2.40. The summed E-state index contributed by atoms with van der Waals surface area (Å²) in [7, 11) is 0. The van der Waals surface area contributed by atoms with E-state index in [9.17, 15) is 4.79 Å². The standard InChI is InChI=1S/C16H24N6O.ClH/c1-10-13(11(2)22-16(20-10)18-9-19-22)6-7-15(23)21-14-5-3-4-12(14)8-17;/h9,12,14H,3-8,17H2,1-2H3,(H,21,23);1H. The summed E-state index contributed by atoms with van der Waals surface area (Å²) in [5, 5.41) is 7.33. The van der Waals surface area contributed by atoms with E-state index in [0.29, 0.717) is 31.1 Å². The van der Waals surface area contributed by atoms with E-state index < -0.39 is 0 Å². The Morgan fingerprint density at radius 3 is 2.96 bits per heavy atom. The largest absolute Gasteiger partial charge is 0.353 e. The molecular formula is C16H25ClN6O. The molecule has 1 fully saturated rings. The van der Waals surface area contributed by atoms with Gasteiger partial charge in [-0.1, -0.05) is 6.42 Å². The van der Waals surface area contributed by atoms with E-state index in [2.05, 4.69) is 20.4 Å². The molecule has 0 saturated heterocycles. The minimum Gasteiger partial charge on any atom is -0.353 e. The molecule has 0 bridgehead atoms. The van der Waals surface area contributed by atoms with Gasteiger partial charge in [0.1, 0.15) is 6.33 Å². The van der Waals surface area contributed by atoms with Crippen LogP contribution >= 0.6 is 12.4 Å². The zero-order valence-electron chi connectivity index (χ0n) is 14.2. The van der Waals surface area contributed by atoms with Crippen LogP contribution in [0.5, 0.6) is 0 Å². The molecular weight excluding hydrogens is 328 g/mol. The second-order valence-electron chi connectivity index (χ2n) is 6.33. The Morgan fingerprint density at radius 2 is 2.21 bits per heavy atom. The molecule has 0 radical (unpaired) electrons. The average Bonchev–Trinajstić information content (AvgIpc) is 3.15. The first-order chi connectivity index (χ1) is 11.1. The molecule has 1 saturated carbocycles. The number of amides is 1. The van der Waals surface area contributed by atoms with Gasteiger partial charge in [-0.3, -0.25) is 4.79 Å². The summed E-state index contributed by atoms with van der Waals surface area (Å²) in [4.78, 5) is 20.8. The van der Waals surface area contributed by atoms with Crippen LogP contribution in [0.25, 0.3) is 5.78 Å². The quantitative estimate of drug-likeness (QED) is 0.846. The number of nitrogens with two attached hydrogens (primary N) is 1. The van der Waals surface area contributed by atoms with Gasteiger partial charge in [0.2, 0.25) is 5.91 Å². The summed E-state index contributed by atoms with van der Waals surface area (Å²) < 4.78 is 1.72. The van der Waals surface area contributed by atoms with Crippen LogP contribution in [0.3, 0.4) is 0 Å². The van der Waals surface area contributed by atoms with Crippen molar-refractivity contribution in [3.8, 4) is 0 Å². The van der Waals surface area contributed by atoms with Crippen molar-refractivity contribution in [1.29, 1.82) is 0 Å². The first kappa shape index (κ1) is 18.6. The highest BCUT2D eigenvalue weighted by Gasteiger charge is 2.27. The van der Waals surface area contributed by atoms with Gasteiger partial charge in [0.05, 0.1) is 0 Å². The maximum absolute atomic E-state index is 12.3. The third kappa shape index (κ3) is 3.67. The third-order valence-electron chi connectivity index (χ3n) is 4.90. The molecule has 7 nitrogen and oxygen atoms in total. The van der Waals surface area contributed by atoms with E-state index in [-0.39, 0.29) is 24.4 Å². The predicted molar refractivity (Wildman–Crippen MR) is 94.2 cm³/mol. The molecule has 2 heterocycles. The number of fused-ring (bicyclic) bond motifs is 1. The number of carbonyl (C=O) groups is 1. The van der Waals surface area contributed by atoms with Gasteiger partial charge in [0.15, 0.2) is 0 Å². The number of nitrogens with one attached hydrogen (secondary N) is 1. The Bertz CT molecular complexity index is 716. The SMILES string of the molecule is Cc1nc2ncnn2c(C)c1CCC(=O)NC1CCCC1CN.Cl. The van der Waals surface area contributed by atoms with E-state index >= 15 is 0 Å². The van der Waals surface area contributed by atoms with Gasteiger partial charge < -0.3 is 11.1 Å². The second-order valence-corrected chi connectivity index (χ2v) is 6.33. The molecule has 3 N–H and O–H groups in total. The average molecular weight is 353 g/mol. The number of nitrogens with zero attached hydrogens (tertiary/aromatic N) is 4. The van der Waals surface area contributed by atoms with Crippen molar-refractivity contribution in [2.75, 3.05) is 6.54 Å². The third-order valence-corrected chi connectivity index (χ3v) is 4.90. The Morgan fingerprint density at radius 1 is 1.42 bits per heavy atom. The number of aryl methyl sites for hydroxylation is 2. The number of carbonyl (C=O) groups excluding carboxylic acids is 1. The molecule has 2 aromatic rings. The molecule has 0 aliphatic heterocycles. The maximum Gasteiger partial charge on any atom is 0.252 e. The van der Waals surface area contributed by atoms with Crippen molar-refractivity contribution >= 4 is 24.1 Å². The molecule has 2 unspecified atom stereocenters. The lowest BCUT2D eigenvalue weighted by Gasteiger charge is -2.19. The molecule has 2 atom stereocenters. The van der Waals surface area contributed by atoms with Gasteiger partial charge in [-0.25, -0.2) is 9.50 Å². The number of aromatic nitrogens is 4. The highest BCUT2D eigenvalue weighted by Crippen LogP contribution is 2.24. The molecule has 0 spiro atoms. The normalized spacial score (nSPS) is 20.1. The summed E-state index contributed by atoms with van der Waals surface area (Å²) in [5.74, 6) is 1.12. The molecule has 3 rings (SSSR count). The van der Waals surface area contributed by atoms with E-state index in [1.165, 1.54) is 6.33 Å². The van der Waals surface area contributed by atoms with Crippen molar-refractivity contribution in [1.82, 2.24) is 24.9 Å². The lowest BCUT2D eigenvalue weighted by molar-refractivity contribution is -0.122. The van der Waals surface area contributed by atoms with Crippen molar-refractivity contribution in [3.05, 3.63) is 23.3 Å². The molecule has 0 aromatic carbocycles. The fraction of sp³-hybridized carbons (Fsp3) is 0.625. The molecule has 132 valence electrons. The lowest BCUT2D eigenvalue weighted by atomic mass is 10.0.